The van der Waals surface area contributed by atoms with Gasteiger partial charge in [0, 0.05) is 6.92 Å². The minimum Gasteiger partial charge on any atom is -0.480 e. The Balaban J connectivity index is 2.67. The third-order valence-electron chi connectivity index (χ3n) is 1.98. The highest BCUT2D eigenvalue weighted by Crippen LogP contribution is 2.01. The smallest absolute Gasteiger partial charge is 0.328 e. The van der Waals surface area contributed by atoms with E-state index in [1.165, 1.54) is 0 Å². The van der Waals surface area contributed by atoms with Crippen LogP contribution in [0.5, 0.6) is 0 Å². The van der Waals surface area contributed by atoms with Crippen LogP contribution >= 0.6 is 0 Å². The van der Waals surface area contributed by atoms with E-state index in [-0.39, 0.29) is 13.1 Å². The van der Waals surface area contributed by atoms with Gasteiger partial charge in [-0.3, -0.25) is 14.5 Å². The van der Waals surface area contributed by atoms with Gasteiger partial charge in [0.15, 0.2) is 0 Å². The highest BCUT2D eigenvalue weighted by molar-refractivity contribution is 6.02. The molecule has 8 heteroatoms. The first-order valence-electron chi connectivity index (χ1n) is 4.50. The topological polar surface area (TPSA) is 116 Å². The number of carbonyl (C=O) groups is 4. The molecule has 0 radical (unpaired) electrons. The van der Waals surface area contributed by atoms with Gasteiger partial charge in [0.25, 0.3) is 0 Å². The average Bonchev–Trinajstić information content (AvgIpc) is 2.47. The molecule has 1 heterocycles. The Morgan fingerprint density at radius 2 is 2.19 bits per heavy atom. The summed E-state index contributed by atoms with van der Waals surface area (Å²) in [5, 5.41) is 13.2. The molecule has 8 nitrogen and oxygen atoms in total. The largest absolute Gasteiger partial charge is 0.480 e. The molecule has 4 amide bonds. The van der Waals surface area contributed by atoms with Gasteiger partial charge in [0.05, 0.1) is 13.1 Å². The van der Waals surface area contributed by atoms with Gasteiger partial charge in [0.1, 0.15) is 6.04 Å². The SMILES string of the molecule is CC(=O)NC(CN1C(=O)CNC1=O)C(=O)O. The molecule has 0 aromatic rings. The Bertz CT molecular complexity index is 338. The van der Waals surface area contributed by atoms with E-state index in [1.54, 1.807) is 0 Å². The van der Waals surface area contributed by atoms with Gasteiger partial charge in [-0.1, -0.05) is 0 Å². The van der Waals surface area contributed by atoms with Crippen LogP contribution in [0.15, 0.2) is 0 Å². The van der Waals surface area contributed by atoms with Crippen LogP contribution in [0.3, 0.4) is 0 Å². The fourth-order valence-electron chi connectivity index (χ4n) is 1.25. The molecule has 1 unspecified atom stereocenters. The number of carbonyl (C=O) groups excluding carboxylic acids is 3. The summed E-state index contributed by atoms with van der Waals surface area (Å²) in [6, 6.07) is -1.94. The number of carboxylic acids is 1. The van der Waals surface area contributed by atoms with Crippen LogP contribution in [0.4, 0.5) is 4.79 Å². The van der Waals surface area contributed by atoms with E-state index in [9.17, 15) is 19.2 Å². The van der Waals surface area contributed by atoms with Crippen LogP contribution in [0.25, 0.3) is 0 Å². The molecule has 1 fully saturated rings. The van der Waals surface area contributed by atoms with E-state index in [1.807, 2.05) is 0 Å². The predicted molar refractivity (Wildman–Crippen MR) is 50.4 cm³/mol. The zero-order chi connectivity index (χ0) is 12.3. The van der Waals surface area contributed by atoms with Crippen molar-refractivity contribution in [2.75, 3.05) is 13.1 Å². The van der Waals surface area contributed by atoms with E-state index >= 15 is 0 Å². The second-order valence-electron chi connectivity index (χ2n) is 3.25. The molecule has 1 aliphatic rings. The summed E-state index contributed by atoms with van der Waals surface area (Å²) < 4.78 is 0. The minimum absolute atomic E-state index is 0.148. The van der Waals surface area contributed by atoms with E-state index in [0.29, 0.717) is 0 Å². The van der Waals surface area contributed by atoms with Crippen LogP contribution in [0, 0.1) is 0 Å². The molecule has 0 saturated carbocycles. The monoisotopic (exact) mass is 229 g/mol. The Morgan fingerprint density at radius 3 is 2.56 bits per heavy atom. The Kier molecular flexibility index (Phi) is 3.44. The number of rotatable bonds is 4. The summed E-state index contributed by atoms with van der Waals surface area (Å²) in [4.78, 5) is 44.5. The highest BCUT2D eigenvalue weighted by Gasteiger charge is 2.33. The van der Waals surface area contributed by atoms with Crippen molar-refractivity contribution in [3.63, 3.8) is 0 Å². The van der Waals surface area contributed by atoms with Gasteiger partial charge in [0.2, 0.25) is 11.8 Å². The van der Waals surface area contributed by atoms with Crippen molar-refractivity contribution < 1.29 is 24.3 Å². The summed E-state index contributed by atoms with van der Waals surface area (Å²) in [7, 11) is 0. The maximum atomic E-state index is 11.2. The van der Waals surface area contributed by atoms with Crippen LogP contribution in [0.1, 0.15) is 6.92 Å². The highest BCUT2D eigenvalue weighted by atomic mass is 16.4. The summed E-state index contributed by atoms with van der Waals surface area (Å²) in [6.45, 7) is 0.632. The van der Waals surface area contributed by atoms with Crippen LogP contribution < -0.4 is 10.6 Å². The summed E-state index contributed by atoms with van der Waals surface area (Å²) in [5.41, 5.74) is 0. The van der Waals surface area contributed by atoms with Crippen molar-refractivity contribution in [3.05, 3.63) is 0 Å². The quantitative estimate of drug-likeness (QED) is 0.488. The molecule has 88 valence electrons. The summed E-state index contributed by atoms with van der Waals surface area (Å²) in [6.07, 6.45) is 0. The predicted octanol–water partition coefficient (Wildman–Crippen LogP) is -1.87. The Hall–Kier alpha value is -2.12. The van der Waals surface area contributed by atoms with Crippen molar-refractivity contribution in [1.82, 2.24) is 15.5 Å². The van der Waals surface area contributed by atoms with E-state index in [4.69, 9.17) is 5.11 Å². The summed E-state index contributed by atoms with van der Waals surface area (Å²) >= 11 is 0. The van der Waals surface area contributed by atoms with Crippen molar-refractivity contribution in [3.8, 4) is 0 Å². The summed E-state index contributed by atoms with van der Waals surface area (Å²) in [5.74, 6) is -2.36. The molecule has 0 aliphatic carbocycles. The lowest BCUT2D eigenvalue weighted by Crippen LogP contribution is -2.49. The maximum Gasteiger partial charge on any atom is 0.328 e. The molecule has 0 aromatic carbocycles. The fourth-order valence-corrected chi connectivity index (χ4v) is 1.25. The zero-order valence-electron chi connectivity index (χ0n) is 8.52. The number of carboxylic acid groups (broad SMARTS) is 1. The van der Waals surface area contributed by atoms with Gasteiger partial charge in [-0.25, -0.2) is 9.59 Å². The second kappa shape index (κ2) is 4.60. The number of nitrogens with zero attached hydrogens (tertiary/aromatic N) is 1. The van der Waals surface area contributed by atoms with Gasteiger partial charge >= 0.3 is 12.0 Å². The first-order valence-corrected chi connectivity index (χ1v) is 4.50. The number of hydrogen-bond donors (Lipinski definition) is 3. The fraction of sp³-hybridized carbons (Fsp3) is 0.500. The molecule has 0 aromatic heterocycles. The average molecular weight is 229 g/mol. The van der Waals surface area contributed by atoms with Crippen molar-refractivity contribution in [1.29, 1.82) is 0 Å². The molecular weight excluding hydrogens is 218 g/mol. The molecule has 1 rings (SSSR count). The first kappa shape index (κ1) is 12.0. The second-order valence-corrected chi connectivity index (χ2v) is 3.25. The lowest BCUT2D eigenvalue weighted by atomic mass is 10.2. The minimum atomic E-state index is -1.30. The molecular formula is C8H11N3O5. The number of imide groups is 1. The van der Waals surface area contributed by atoms with Crippen LogP contribution in [-0.2, 0) is 14.4 Å². The van der Waals surface area contributed by atoms with Gasteiger partial charge in [-0.2, -0.15) is 0 Å². The van der Waals surface area contributed by atoms with Gasteiger partial charge < -0.3 is 15.7 Å². The van der Waals surface area contributed by atoms with Gasteiger partial charge in [-0.15, -0.1) is 0 Å². The Labute approximate surface area is 90.6 Å². The van der Waals surface area contributed by atoms with Crippen molar-refractivity contribution in [2.24, 2.45) is 0 Å². The normalized spacial score (nSPS) is 16.9. The van der Waals surface area contributed by atoms with E-state index in [2.05, 4.69) is 10.6 Å². The number of amides is 4. The number of nitrogens with one attached hydrogen (secondary N) is 2. The Morgan fingerprint density at radius 1 is 1.56 bits per heavy atom. The van der Waals surface area contributed by atoms with Gasteiger partial charge in [-0.05, 0) is 0 Å². The van der Waals surface area contributed by atoms with Crippen molar-refractivity contribution >= 4 is 23.8 Å². The number of urea groups is 1. The number of aliphatic carboxylic acids is 1. The third-order valence-corrected chi connectivity index (χ3v) is 1.98. The molecule has 0 spiro atoms. The molecule has 1 aliphatic heterocycles. The molecule has 1 atom stereocenters. The van der Waals surface area contributed by atoms with Crippen LogP contribution in [-0.4, -0.2) is 53.0 Å². The third kappa shape index (κ3) is 2.69. The molecule has 16 heavy (non-hydrogen) atoms. The lowest BCUT2D eigenvalue weighted by Gasteiger charge is -2.18. The molecule has 3 N–H and O–H groups in total. The maximum absolute atomic E-state index is 11.2. The zero-order valence-corrected chi connectivity index (χ0v) is 8.52. The number of hydrogen-bond acceptors (Lipinski definition) is 4. The van der Waals surface area contributed by atoms with E-state index in [0.717, 1.165) is 11.8 Å². The standard InChI is InChI=1S/C8H11N3O5/c1-4(12)10-5(7(14)15)3-11-6(13)2-9-8(11)16/h5H,2-3H2,1H3,(H,9,16)(H,10,12)(H,14,15). The lowest BCUT2D eigenvalue weighted by molar-refractivity contribution is -0.142. The van der Waals surface area contributed by atoms with Crippen molar-refractivity contribution in [2.45, 2.75) is 13.0 Å². The molecule has 1 saturated heterocycles. The molecule has 0 bridgehead atoms. The first-order chi connectivity index (χ1) is 7.41. The van der Waals surface area contributed by atoms with E-state index < -0.39 is 29.9 Å². The van der Waals surface area contributed by atoms with Crippen LogP contribution in [0.2, 0.25) is 0 Å².